The van der Waals surface area contributed by atoms with E-state index in [2.05, 4.69) is 4.74 Å². The number of carbonyl (C=O) groups is 2. The zero-order valence-electron chi connectivity index (χ0n) is 11.8. The number of ketones is 1. The van der Waals surface area contributed by atoms with E-state index in [1.54, 1.807) is 30.3 Å². The van der Waals surface area contributed by atoms with E-state index in [0.717, 1.165) is 0 Å². The van der Waals surface area contributed by atoms with Crippen molar-refractivity contribution in [2.24, 2.45) is 0 Å². The molecule has 1 heterocycles. The van der Waals surface area contributed by atoms with Gasteiger partial charge in [0.1, 0.15) is 6.10 Å². The van der Waals surface area contributed by atoms with Gasteiger partial charge in [0.25, 0.3) is 0 Å². The van der Waals surface area contributed by atoms with E-state index in [1.165, 1.54) is 19.2 Å². The van der Waals surface area contributed by atoms with Gasteiger partial charge in [-0.3, -0.25) is 4.79 Å². The lowest BCUT2D eigenvalue weighted by Gasteiger charge is -2.26. The van der Waals surface area contributed by atoms with E-state index in [4.69, 9.17) is 4.74 Å². The summed E-state index contributed by atoms with van der Waals surface area (Å²) in [5.41, 5.74) is 1.24. The lowest BCUT2D eigenvalue weighted by atomic mass is 9.95. The van der Waals surface area contributed by atoms with Gasteiger partial charge in [-0.05, 0) is 29.8 Å². The molecule has 1 aliphatic rings. The Balaban J connectivity index is 1.96. The molecule has 0 N–H and O–H groups in total. The molecule has 112 valence electrons. The maximum absolute atomic E-state index is 13.8. The van der Waals surface area contributed by atoms with Gasteiger partial charge >= 0.3 is 5.97 Å². The van der Waals surface area contributed by atoms with Crippen LogP contribution in [-0.2, 0) is 4.74 Å². The van der Waals surface area contributed by atoms with Crippen LogP contribution < -0.4 is 4.74 Å². The summed E-state index contributed by atoms with van der Waals surface area (Å²) in [6.07, 6.45) is -0.525. The SMILES string of the molecule is COC(=O)c1cccc(C2CC(=O)c3cccc(F)c3O2)c1. The number of halogens is 1. The Morgan fingerprint density at radius 3 is 2.82 bits per heavy atom. The number of hydrogen-bond donors (Lipinski definition) is 0. The van der Waals surface area contributed by atoms with Crippen LogP contribution in [0.2, 0.25) is 0 Å². The Labute approximate surface area is 126 Å². The van der Waals surface area contributed by atoms with Crippen LogP contribution in [0.25, 0.3) is 0 Å². The quantitative estimate of drug-likeness (QED) is 0.798. The molecule has 1 aliphatic heterocycles. The minimum Gasteiger partial charge on any atom is -0.481 e. The molecule has 1 unspecified atom stereocenters. The van der Waals surface area contributed by atoms with Gasteiger partial charge in [0, 0.05) is 0 Å². The summed E-state index contributed by atoms with van der Waals surface area (Å²) in [6.45, 7) is 0. The molecule has 4 nitrogen and oxygen atoms in total. The number of benzene rings is 2. The lowest BCUT2D eigenvalue weighted by Crippen LogP contribution is -2.21. The molecule has 22 heavy (non-hydrogen) atoms. The molecule has 0 fully saturated rings. The lowest BCUT2D eigenvalue weighted by molar-refractivity contribution is 0.0600. The number of hydrogen-bond acceptors (Lipinski definition) is 4. The fourth-order valence-corrected chi connectivity index (χ4v) is 2.48. The first-order chi connectivity index (χ1) is 10.6. The largest absolute Gasteiger partial charge is 0.481 e. The number of methoxy groups -OCH3 is 1. The predicted molar refractivity (Wildman–Crippen MR) is 76.5 cm³/mol. The maximum Gasteiger partial charge on any atom is 0.337 e. The van der Waals surface area contributed by atoms with Gasteiger partial charge in [-0.2, -0.15) is 0 Å². The van der Waals surface area contributed by atoms with Crippen molar-refractivity contribution < 1.29 is 23.5 Å². The second-order valence-electron chi connectivity index (χ2n) is 4.97. The summed E-state index contributed by atoms with van der Waals surface area (Å²) in [6, 6.07) is 10.9. The number of para-hydroxylation sites is 1. The first-order valence-corrected chi connectivity index (χ1v) is 6.77. The zero-order valence-corrected chi connectivity index (χ0v) is 11.8. The molecule has 0 radical (unpaired) electrons. The third-order valence-corrected chi connectivity index (χ3v) is 3.58. The first kappa shape index (κ1) is 14.3. The number of fused-ring (bicyclic) bond motifs is 1. The Morgan fingerprint density at radius 1 is 1.27 bits per heavy atom. The number of esters is 1. The summed E-state index contributed by atoms with van der Waals surface area (Å²) in [7, 11) is 1.29. The number of carbonyl (C=O) groups excluding carboxylic acids is 2. The van der Waals surface area contributed by atoms with Crippen LogP contribution in [0.1, 0.15) is 38.8 Å². The highest BCUT2D eigenvalue weighted by Gasteiger charge is 2.30. The van der Waals surface area contributed by atoms with Gasteiger partial charge in [0.15, 0.2) is 17.3 Å². The molecule has 1 atom stereocenters. The smallest absolute Gasteiger partial charge is 0.337 e. The van der Waals surface area contributed by atoms with E-state index in [1.807, 2.05) is 0 Å². The van der Waals surface area contributed by atoms with E-state index < -0.39 is 17.9 Å². The van der Waals surface area contributed by atoms with Crippen molar-refractivity contribution in [2.75, 3.05) is 7.11 Å². The van der Waals surface area contributed by atoms with Crippen molar-refractivity contribution in [1.29, 1.82) is 0 Å². The normalized spacial score (nSPS) is 16.6. The third-order valence-electron chi connectivity index (χ3n) is 3.58. The van der Waals surface area contributed by atoms with Crippen LogP contribution in [0.4, 0.5) is 4.39 Å². The van der Waals surface area contributed by atoms with Crippen LogP contribution in [0.15, 0.2) is 42.5 Å². The van der Waals surface area contributed by atoms with Crippen molar-refractivity contribution >= 4 is 11.8 Å². The fraction of sp³-hybridized carbons (Fsp3) is 0.176. The third kappa shape index (κ3) is 2.45. The minimum absolute atomic E-state index is 0.0350. The summed E-state index contributed by atoms with van der Waals surface area (Å²) in [5.74, 6) is -1.27. The Hall–Kier alpha value is -2.69. The topological polar surface area (TPSA) is 52.6 Å². The molecule has 3 rings (SSSR count). The van der Waals surface area contributed by atoms with Gasteiger partial charge in [0.05, 0.1) is 24.7 Å². The van der Waals surface area contributed by atoms with Crippen LogP contribution in [0.3, 0.4) is 0 Å². The monoisotopic (exact) mass is 300 g/mol. The van der Waals surface area contributed by atoms with Gasteiger partial charge in [0.2, 0.25) is 0 Å². The summed E-state index contributed by atoms with van der Waals surface area (Å²) in [5, 5.41) is 0. The summed E-state index contributed by atoms with van der Waals surface area (Å²) in [4.78, 5) is 23.7. The Morgan fingerprint density at radius 2 is 2.05 bits per heavy atom. The van der Waals surface area contributed by atoms with E-state index in [-0.39, 0.29) is 23.5 Å². The molecule has 0 bridgehead atoms. The molecular formula is C17H13FO4. The van der Waals surface area contributed by atoms with Crippen molar-refractivity contribution in [3.63, 3.8) is 0 Å². The molecule has 0 spiro atoms. The fourth-order valence-electron chi connectivity index (χ4n) is 2.48. The molecule has 0 saturated carbocycles. The predicted octanol–water partition coefficient (Wildman–Crippen LogP) is 3.32. The van der Waals surface area contributed by atoms with Crippen LogP contribution in [0.5, 0.6) is 5.75 Å². The average Bonchev–Trinajstić information content (AvgIpc) is 2.55. The Bertz CT molecular complexity index is 754. The van der Waals surface area contributed by atoms with Crippen molar-refractivity contribution in [1.82, 2.24) is 0 Å². The van der Waals surface area contributed by atoms with Crippen molar-refractivity contribution in [3.05, 3.63) is 65.0 Å². The second kappa shape index (κ2) is 5.60. The molecular weight excluding hydrogens is 287 g/mol. The number of ether oxygens (including phenoxy) is 2. The minimum atomic E-state index is -0.624. The highest BCUT2D eigenvalue weighted by Crippen LogP contribution is 2.36. The van der Waals surface area contributed by atoms with Crippen LogP contribution in [-0.4, -0.2) is 18.9 Å². The molecule has 5 heteroatoms. The summed E-state index contributed by atoms with van der Waals surface area (Å²) < 4.78 is 24.2. The highest BCUT2D eigenvalue weighted by molar-refractivity contribution is 6.00. The van der Waals surface area contributed by atoms with E-state index in [9.17, 15) is 14.0 Å². The summed E-state index contributed by atoms with van der Waals surface area (Å²) >= 11 is 0. The van der Waals surface area contributed by atoms with E-state index in [0.29, 0.717) is 11.1 Å². The zero-order chi connectivity index (χ0) is 15.7. The standard InChI is InChI=1S/C17H13FO4/c1-21-17(20)11-5-2-4-10(8-11)15-9-14(19)12-6-3-7-13(18)16(12)22-15/h2-8,15H,9H2,1H3. The Kier molecular flexibility index (Phi) is 3.63. The number of Topliss-reactive ketones (excluding diaryl/α,β-unsaturated/α-hetero) is 1. The molecule has 0 saturated heterocycles. The van der Waals surface area contributed by atoms with Gasteiger partial charge in [-0.1, -0.05) is 18.2 Å². The number of rotatable bonds is 2. The van der Waals surface area contributed by atoms with Crippen LogP contribution >= 0.6 is 0 Å². The van der Waals surface area contributed by atoms with E-state index >= 15 is 0 Å². The second-order valence-corrected chi connectivity index (χ2v) is 4.97. The average molecular weight is 300 g/mol. The van der Waals surface area contributed by atoms with Gasteiger partial charge in [-0.25, -0.2) is 9.18 Å². The highest BCUT2D eigenvalue weighted by atomic mass is 19.1. The molecule has 0 aromatic heterocycles. The van der Waals surface area contributed by atoms with Crippen molar-refractivity contribution in [2.45, 2.75) is 12.5 Å². The molecule has 0 aliphatic carbocycles. The molecule has 0 amide bonds. The van der Waals surface area contributed by atoms with Crippen LogP contribution in [0, 0.1) is 5.82 Å². The van der Waals surface area contributed by atoms with Gasteiger partial charge < -0.3 is 9.47 Å². The van der Waals surface area contributed by atoms with Gasteiger partial charge in [-0.15, -0.1) is 0 Å². The maximum atomic E-state index is 13.8. The molecule has 2 aromatic rings. The van der Waals surface area contributed by atoms with Crippen molar-refractivity contribution in [3.8, 4) is 5.75 Å². The molecule has 2 aromatic carbocycles. The first-order valence-electron chi connectivity index (χ1n) is 6.77.